The van der Waals surface area contributed by atoms with E-state index in [0.29, 0.717) is 16.5 Å². The number of furan rings is 1. The summed E-state index contributed by atoms with van der Waals surface area (Å²) in [4.78, 5) is 19.9. The van der Waals surface area contributed by atoms with Gasteiger partial charge in [-0.3, -0.25) is 4.79 Å². The minimum Gasteiger partial charge on any atom is -0.462 e. The highest BCUT2D eigenvalue weighted by atomic mass is 35.5. The third-order valence-corrected chi connectivity index (χ3v) is 8.10. The lowest BCUT2D eigenvalue weighted by molar-refractivity contribution is 0.0692. The second-order valence-corrected chi connectivity index (χ2v) is 10.0. The largest absolute Gasteiger partial charge is 0.462 e. The maximum Gasteiger partial charge on any atom is 0.273 e. The van der Waals surface area contributed by atoms with Crippen LogP contribution in [0.3, 0.4) is 0 Å². The molecule has 0 spiro atoms. The molecule has 0 saturated carbocycles. The number of thiazole rings is 1. The molecule has 1 saturated heterocycles. The Bertz CT molecular complexity index is 1130. The maximum absolute atomic E-state index is 12.9. The van der Waals surface area contributed by atoms with Crippen LogP contribution in [-0.2, 0) is 10.0 Å². The summed E-state index contributed by atoms with van der Waals surface area (Å²) in [5, 5.41) is 0.838. The van der Waals surface area contributed by atoms with Crippen molar-refractivity contribution in [1.82, 2.24) is 14.2 Å². The average molecular weight is 452 g/mol. The van der Waals surface area contributed by atoms with Gasteiger partial charge in [0.05, 0.1) is 11.3 Å². The number of benzene rings is 1. The Morgan fingerprint density at radius 1 is 1.14 bits per heavy atom. The number of sulfonamides is 1. The van der Waals surface area contributed by atoms with E-state index in [1.165, 1.54) is 21.7 Å². The van der Waals surface area contributed by atoms with Crippen molar-refractivity contribution in [2.24, 2.45) is 0 Å². The number of nitrogens with zero attached hydrogens (tertiary/aromatic N) is 3. The summed E-state index contributed by atoms with van der Waals surface area (Å²) in [5.41, 5.74) is 0.379. The van der Waals surface area contributed by atoms with Crippen LogP contribution in [0, 0.1) is 6.92 Å². The maximum atomic E-state index is 12.9. The molecule has 1 aliphatic rings. The first-order chi connectivity index (χ1) is 13.9. The van der Waals surface area contributed by atoms with E-state index in [9.17, 15) is 13.2 Å². The third kappa shape index (κ3) is 3.83. The molecular weight excluding hydrogens is 434 g/mol. The van der Waals surface area contributed by atoms with Gasteiger partial charge in [0.1, 0.15) is 10.6 Å². The lowest BCUT2D eigenvalue weighted by Crippen LogP contribution is -2.50. The van der Waals surface area contributed by atoms with Crippen molar-refractivity contribution in [3.8, 4) is 10.8 Å². The first-order valence-corrected chi connectivity index (χ1v) is 11.6. The van der Waals surface area contributed by atoms with E-state index >= 15 is 0 Å². The van der Waals surface area contributed by atoms with E-state index < -0.39 is 10.0 Å². The minimum absolute atomic E-state index is 0.0832. The van der Waals surface area contributed by atoms with Crippen molar-refractivity contribution in [3.63, 3.8) is 0 Å². The zero-order chi connectivity index (χ0) is 20.6. The van der Waals surface area contributed by atoms with E-state index in [2.05, 4.69) is 4.98 Å². The van der Waals surface area contributed by atoms with Crippen LogP contribution in [0.1, 0.15) is 15.4 Å². The fourth-order valence-electron chi connectivity index (χ4n) is 3.17. The van der Waals surface area contributed by atoms with E-state index in [4.69, 9.17) is 16.0 Å². The van der Waals surface area contributed by atoms with Crippen molar-refractivity contribution in [1.29, 1.82) is 0 Å². The van der Waals surface area contributed by atoms with E-state index in [-0.39, 0.29) is 42.0 Å². The highest BCUT2D eigenvalue weighted by molar-refractivity contribution is 7.89. The van der Waals surface area contributed by atoms with Crippen molar-refractivity contribution in [2.45, 2.75) is 11.8 Å². The van der Waals surface area contributed by atoms with Gasteiger partial charge >= 0.3 is 0 Å². The number of hydrogen-bond acceptors (Lipinski definition) is 6. The number of hydrogen-bond donors (Lipinski definition) is 0. The molecular formula is C19H18ClN3O4S2. The third-order valence-electron chi connectivity index (χ3n) is 4.71. The molecule has 4 rings (SSSR count). The Balaban J connectivity index is 1.48. The topological polar surface area (TPSA) is 83.7 Å². The SMILES string of the molecule is Cc1sc(-c2ccco2)nc1C(=O)N1CCN(S(=O)(=O)c2ccccc2Cl)CC1. The van der Waals surface area contributed by atoms with Crippen LogP contribution in [0.15, 0.2) is 52.0 Å². The predicted molar refractivity (Wildman–Crippen MR) is 111 cm³/mol. The van der Waals surface area contributed by atoms with Crippen molar-refractivity contribution in [3.05, 3.63) is 58.3 Å². The number of amides is 1. The van der Waals surface area contributed by atoms with Gasteiger partial charge in [-0.25, -0.2) is 13.4 Å². The lowest BCUT2D eigenvalue weighted by Gasteiger charge is -2.33. The van der Waals surface area contributed by atoms with Crippen LogP contribution in [0.25, 0.3) is 10.8 Å². The van der Waals surface area contributed by atoms with Crippen molar-refractivity contribution >= 4 is 38.9 Å². The molecule has 0 N–H and O–H groups in total. The van der Waals surface area contributed by atoms with E-state index in [0.717, 1.165) is 4.88 Å². The number of piperazine rings is 1. The van der Waals surface area contributed by atoms with Gasteiger partial charge in [-0.1, -0.05) is 23.7 Å². The summed E-state index contributed by atoms with van der Waals surface area (Å²) in [7, 11) is -3.70. The van der Waals surface area contributed by atoms with Gasteiger partial charge < -0.3 is 9.32 Å². The fourth-order valence-corrected chi connectivity index (χ4v) is 5.96. The van der Waals surface area contributed by atoms with Gasteiger partial charge in [0.25, 0.3) is 5.91 Å². The summed E-state index contributed by atoms with van der Waals surface area (Å²) in [6, 6.07) is 9.93. The molecule has 152 valence electrons. The smallest absolute Gasteiger partial charge is 0.273 e. The highest BCUT2D eigenvalue weighted by Crippen LogP contribution is 2.29. The van der Waals surface area contributed by atoms with E-state index in [1.807, 2.05) is 6.92 Å². The Labute approximate surface area is 177 Å². The van der Waals surface area contributed by atoms with Crippen molar-refractivity contribution in [2.75, 3.05) is 26.2 Å². The molecule has 0 unspecified atom stereocenters. The second-order valence-electron chi connectivity index (χ2n) is 6.53. The Kier molecular flexibility index (Phi) is 5.48. The molecule has 0 radical (unpaired) electrons. The molecule has 29 heavy (non-hydrogen) atoms. The van der Waals surface area contributed by atoms with Gasteiger partial charge in [0.15, 0.2) is 10.8 Å². The zero-order valence-electron chi connectivity index (χ0n) is 15.5. The van der Waals surface area contributed by atoms with Crippen LogP contribution in [0.5, 0.6) is 0 Å². The number of aromatic nitrogens is 1. The predicted octanol–water partition coefficient (Wildman–Crippen LogP) is 3.51. The number of aryl methyl sites for hydroxylation is 1. The average Bonchev–Trinajstić information content (AvgIpc) is 3.37. The van der Waals surface area contributed by atoms with Crippen LogP contribution >= 0.6 is 22.9 Å². The minimum atomic E-state index is -3.70. The molecule has 1 aromatic carbocycles. The Hall–Kier alpha value is -2.20. The summed E-state index contributed by atoms with van der Waals surface area (Å²) in [5.74, 6) is 0.416. The molecule has 2 aromatic heterocycles. The van der Waals surface area contributed by atoms with Gasteiger partial charge in [-0.2, -0.15) is 4.31 Å². The Morgan fingerprint density at radius 2 is 1.86 bits per heavy atom. The van der Waals surface area contributed by atoms with Gasteiger partial charge in [0, 0.05) is 31.1 Å². The number of carbonyl (C=O) groups is 1. The lowest BCUT2D eigenvalue weighted by atomic mass is 10.3. The van der Waals surface area contributed by atoms with Gasteiger partial charge in [-0.15, -0.1) is 11.3 Å². The molecule has 10 heteroatoms. The zero-order valence-corrected chi connectivity index (χ0v) is 17.9. The number of rotatable bonds is 4. The quantitative estimate of drug-likeness (QED) is 0.606. The molecule has 0 aliphatic carbocycles. The first-order valence-electron chi connectivity index (χ1n) is 8.93. The second kappa shape index (κ2) is 7.91. The summed E-state index contributed by atoms with van der Waals surface area (Å²) >= 11 is 7.46. The van der Waals surface area contributed by atoms with Crippen LogP contribution in [0.2, 0.25) is 5.02 Å². The summed E-state index contributed by atoms with van der Waals surface area (Å²) in [6.07, 6.45) is 1.56. The van der Waals surface area contributed by atoms with Crippen LogP contribution in [0.4, 0.5) is 0 Å². The fraction of sp³-hybridized carbons (Fsp3) is 0.263. The molecule has 1 fully saturated rings. The first kappa shape index (κ1) is 20.1. The summed E-state index contributed by atoms with van der Waals surface area (Å²) in [6.45, 7) is 2.82. The number of carbonyl (C=O) groups excluding carboxylic acids is 1. The van der Waals surface area contributed by atoms with E-state index in [1.54, 1.807) is 41.5 Å². The van der Waals surface area contributed by atoms with Crippen LogP contribution in [-0.4, -0.2) is 54.7 Å². The summed E-state index contributed by atoms with van der Waals surface area (Å²) < 4.78 is 32.4. The molecule has 0 atom stereocenters. The van der Waals surface area contributed by atoms with Gasteiger partial charge in [-0.05, 0) is 31.2 Å². The molecule has 0 bridgehead atoms. The standard InChI is InChI=1S/C19H18ClN3O4S2/c1-13-17(21-18(28-13)15-6-4-12-27-15)19(24)22-8-10-23(11-9-22)29(25,26)16-7-3-2-5-14(16)20/h2-7,12H,8-11H2,1H3. The monoisotopic (exact) mass is 451 g/mol. The molecule has 3 aromatic rings. The van der Waals surface area contributed by atoms with Gasteiger partial charge in [0.2, 0.25) is 10.0 Å². The van der Waals surface area contributed by atoms with Crippen LogP contribution < -0.4 is 0 Å². The highest BCUT2D eigenvalue weighted by Gasteiger charge is 2.32. The molecule has 1 amide bonds. The molecule has 3 heterocycles. The Morgan fingerprint density at radius 3 is 2.52 bits per heavy atom. The normalized spacial score (nSPS) is 15.6. The van der Waals surface area contributed by atoms with Crippen molar-refractivity contribution < 1.29 is 17.6 Å². The number of halogens is 1. The molecule has 7 nitrogen and oxygen atoms in total. The molecule has 1 aliphatic heterocycles.